The number of nitrogens with zero attached hydrogens (tertiary/aromatic N) is 3. The van der Waals surface area contributed by atoms with Gasteiger partial charge in [-0.15, -0.1) is 0 Å². The Balaban J connectivity index is 1.75. The zero-order valence-corrected chi connectivity index (χ0v) is 11.6. The molecule has 1 aliphatic heterocycles. The van der Waals surface area contributed by atoms with E-state index in [9.17, 15) is 0 Å². The van der Waals surface area contributed by atoms with Crippen LogP contribution in [0.1, 0.15) is 0 Å². The van der Waals surface area contributed by atoms with E-state index >= 15 is 0 Å². The van der Waals surface area contributed by atoms with Crippen LogP contribution >= 0.6 is 0 Å². The van der Waals surface area contributed by atoms with E-state index in [1.165, 1.54) is 5.39 Å². The lowest BCUT2D eigenvalue weighted by Crippen LogP contribution is -2.37. The fraction of sp³-hybridized carbons (Fsp3) is 0.250. The van der Waals surface area contributed by atoms with Gasteiger partial charge in [-0.2, -0.15) is 0 Å². The second-order valence-corrected chi connectivity index (χ2v) is 5.09. The standard InChI is InChI=1S/C16H16N4O/c1-2-4-14-12(3-1)13(11-18-14)15-5-6-17-16(19-15)20-7-9-21-10-8-20/h1-6,11,18H,7-10H2. The predicted molar refractivity (Wildman–Crippen MR) is 82.4 cm³/mol. The molecule has 1 saturated heterocycles. The molecule has 5 heteroatoms. The number of rotatable bonds is 2. The summed E-state index contributed by atoms with van der Waals surface area (Å²) in [6.45, 7) is 3.16. The van der Waals surface area contributed by atoms with E-state index in [0.717, 1.165) is 49.0 Å². The highest BCUT2D eigenvalue weighted by Gasteiger charge is 2.15. The van der Waals surface area contributed by atoms with Crippen molar-refractivity contribution in [1.29, 1.82) is 0 Å². The maximum Gasteiger partial charge on any atom is 0.226 e. The third kappa shape index (κ3) is 2.25. The number of fused-ring (bicyclic) bond motifs is 1. The van der Waals surface area contributed by atoms with Crippen molar-refractivity contribution in [2.24, 2.45) is 0 Å². The highest BCUT2D eigenvalue weighted by atomic mass is 16.5. The van der Waals surface area contributed by atoms with Crippen molar-refractivity contribution in [3.05, 3.63) is 42.7 Å². The van der Waals surface area contributed by atoms with Crippen molar-refractivity contribution in [3.8, 4) is 11.3 Å². The van der Waals surface area contributed by atoms with Gasteiger partial charge in [0.1, 0.15) is 0 Å². The van der Waals surface area contributed by atoms with Gasteiger partial charge in [0.15, 0.2) is 0 Å². The molecule has 21 heavy (non-hydrogen) atoms. The number of anilines is 1. The molecule has 0 unspecified atom stereocenters. The zero-order valence-electron chi connectivity index (χ0n) is 11.6. The van der Waals surface area contributed by atoms with Crippen LogP contribution in [0.5, 0.6) is 0 Å². The fourth-order valence-corrected chi connectivity index (χ4v) is 2.70. The molecule has 0 atom stereocenters. The van der Waals surface area contributed by atoms with Gasteiger partial charge in [0.25, 0.3) is 0 Å². The van der Waals surface area contributed by atoms with Gasteiger partial charge >= 0.3 is 0 Å². The number of hydrogen-bond donors (Lipinski definition) is 1. The second kappa shape index (κ2) is 5.18. The molecule has 1 N–H and O–H groups in total. The van der Waals surface area contributed by atoms with E-state index in [4.69, 9.17) is 9.72 Å². The number of aromatic nitrogens is 3. The third-order valence-electron chi connectivity index (χ3n) is 3.80. The minimum absolute atomic E-state index is 0.737. The van der Waals surface area contributed by atoms with Crippen LogP contribution in [0.15, 0.2) is 42.7 Å². The number of aromatic amines is 1. The van der Waals surface area contributed by atoms with Gasteiger partial charge in [-0.05, 0) is 12.1 Å². The Morgan fingerprint density at radius 1 is 1.10 bits per heavy atom. The smallest absolute Gasteiger partial charge is 0.226 e. The lowest BCUT2D eigenvalue weighted by Gasteiger charge is -2.26. The number of ether oxygens (including phenoxy) is 1. The van der Waals surface area contributed by atoms with Gasteiger partial charge in [-0.25, -0.2) is 9.97 Å². The van der Waals surface area contributed by atoms with Crippen LogP contribution in [0.4, 0.5) is 5.95 Å². The van der Waals surface area contributed by atoms with Gasteiger partial charge in [-0.3, -0.25) is 0 Å². The number of benzene rings is 1. The van der Waals surface area contributed by atoms with Crippen LogP contribution in [0.3, 0.4) is 0 Å². The first-order valence-corrected chi connectivity index (χ1v) is 7.14. The van der Waals surface area contributed by atoms with E-state index in [1.807, 2.05) is 30.6 Å². The number of para-hydroxylation sites is 1. The summed E-state index contributed by atoms with van der Waals surface area (Å²) < 4.78 is 5.38. The normalized spacial score (nSPS) is 15.5. The van der Waals surface area contributed by atoms with Gasteiger partial charge in [0.2, 0.25) is 5.95 Å². The largest absolute Gasteiger partial charge is 0.378 e. The Hall–Kier alpha value is -2.40. The molecule has 5 nitrogen and oxygen atoms in total. The molecule has 3 heterocycles. The van der Waals surface area contributed by atoms with Crippen molar-refractivity contribution in [2.45, 2.75) is 0 Å². The van der Waals surface area contributed by atoms with Gasteiger partial charge in [0.05, 0.1) is 18.9 Å². The van der Waals surface area contributed by atoms with Gasteiger partial charge in [0, 0.05) is 41.9 Å². The average molecular weight is 280 g/mol. The van der Waals surface area contributed by atoms with Crippen LogP contribution in [0.2, 0.25) is 0 Å². The van der Waals surface area contributed by atoms with Crippen molar-refractivity contribution in [3.63, 3.8) is 0 Å². The van der Waals surface area contributed by atoms with E-state index in [-0.39, 0.29) is 0 Å². The summed E-state index contributed by atoms with van der Waals surface area (Å²) in [5, 5.41) is 1.18. The lowest BCUT2D eigenvalue weighted by atomic mass is 10.1. The van der Waals surface area contributed by atoms with Crippen molar-refractivity contribution < 1.29 is 4.74 Å². The van der Waals surface area contributed by atoms with Crippen LogP contribution in [-0.4, -0.2) is 41.3 Å². The van der Waals surface area contributed by atoms with Crippen LogP contribution in [0, 0.1) is 0 Å². The van der Waals surface area contributed by atoms with E-state index in [2.05, 4.69) is 27.0 Å². The Kier molecular flexibility index (Phi) is 3.05. The zero-order chi connectivity index (χ0) is 14.1. The predicted octanol–water partition coefficient (Wildman–Crippen LogP) is 2.46. The second-order valence-electron chi connectivity index (χ2n) is 5.09. The monoisotopic (exact) mass is 280 g/mol. The summed E-state index contributed by atoms with van der Waals surface area (Å²) in [5.41, 5.74) is 3.19. The van der Waals surface area contributed by atoms with E-state index in [1.54, 1.807) is 0 Å². The van der Waals surface area contributed by atoms with Crippen molar-refractivity contribution in [2.75, 3.05) is 31.2 Å². The quantitative estimate of drug-likeness (QED) is 0.783. The first-order valence-electron chi connectivity index (χ1n) is 7.14. The van der Waals surface area contributed by atoms with Gasteiger partial charge in [-0.1, -0.05) is 18.2 Å². The summed E-state index contributed by atoms with van der Waals surface area (Å²) in [4.78, 5) is 14.6. The van der Waals surface area contributed by atoms with E-state index in [0.29, 0.717) is 0 Å². The molecule has 106 valence electrons. The Morgan fingerprint density at radius 3 is 2.86 bits per heavy atom. The van der Waals surface area contributed by atoms with Crippen LogP contribution in [0.25, 0.3) is 22.2 Å². The summed E-state index contributed by atoms with van der Waals surface area (Å²) in [7, 11) is 0. The Labute approximate surface area is 122 Å². The highest BCUT2D eigenvalue weighted by molar-refractivity contribution is 5.94. The Morgan fingerprint density at radius 2 is 1.95 bits per heavy atom. The molecule has 0 spiro atoms. The maximum absolute atomic E-state index is 5.38. The molecule has 1 fully saturated rings. The maximum atomic E-state index is 5.38. The molecule has 0 radical (unpaired) electrons. The summed E-state index contributed by atoms with van der Waals surface area (Å²) >= 11 is 0. The first-order chi connectivity index (χ1) is 10.4. The molecule has 1 aromatic carbocycles. The summed E-state index contributed by atoms with van der Waals surface area (Å²) in [6.07, 6.45) is 3.84. The number of nitrogens with one attached hydrogen (secondary N) is 1. The molecule has 0 amide bonds. The van der Waals surface area contributed by atoms with Gasteiger partial charge < -0.3 is 14.6 Å². The summed E-state index contributed by atoms with van der Waals surface area (Å²) in [6, 6.07) is 10.2. The highest BCUT2D eigenvalue weighted by Crippen LogP contribution is 2.27. The molecule has 2 aromatic heterocycles. The third-order valence-corrected chi connectivity index (χ3v) is 3.80. The summed E-state index contributed by atoms with van der Waals surface area (Å²) in [5.74, 6) is 0.779. The molecule has 0 saturated carbocycles. The molecular weight excluding hydrogens is 264 g/mol. The topological polar surface area (TPSA) is 54.0 Å². The van der Waals surface area contributed by atoms with Crippen molar-refractivity contribution in [1.82, 2.24) is 15.0 Å². The molecule has 0 bridgehead atoms. The molecule has 3 aromatic rings. The minimum Gasteiger partial charge on any atom is -0.378 e. The average Bonchev–Trinajstić information content (AvgIpc) is 3.00. The Bertz CT molecular complexity index is 762. The van der Waals surface area contributed by atoms with Crippen LogP contribution < -0.4 is 4.90 Å². The molecule has 1 aliphatic rings. The van der Waals surface area contributed by atoms with Crippen molar-refractivity contribution >= 4 is 16.9 Å². The fourth-order valence-electron chi connectivity index (χ4n) is 2.70. The SMILES string of the molecule is c1ccc2c(-c3ccnc(N4CCOCC4)n3)c[nH]c2c1. The molecule has 4 rings (SSSR count). The molecule has 0 aliphatic carbocycles. The number of hydrogen-bond acceptors (Lipinski definition) is 4. The number of H-pyrrole nitrogens is 1. The molecular formula is C16H16N4O. The van der Waals surface area contributed by atoms with E-state index < -0.39 is 0 Å². The van der Waals surface area contributed by atoms with Crippen LogP contribution in [-0.2, 0) is 4.74 Å². The minimum atomic E-state index is 0.737. The lowest BCUT2D eigenvalue weighted by molar-refractivity contribution is 0.122. The first kappa shape index (κ1) is 12.3. The number of morpholine rings is 1.